The van der Waals surface area contributed by atoms with Crippen molar-refractivity contribution in [3.8, 4) is 0 Å². The summed E-state index contributed by atoms with van der Waals surface area (Å²) in [5.41, 5.74) is 0. The highest BCUT2D eigenvalue weighted by Crippen LogP contribution is 2.28. The Kier molecular flexibility index (Phi) is 9.95. The predicted molar refractivity (Wildman–Crippen MR) is 110 cm³/mol. The number of hydrogen-bond acceptors (Lipinski definition) is 3. The maximum atomic E-state index is 12.2. The molecular weight excluding hydrogens is 417 g/mol. The van der Waals surface area contributed by atoms with Crippen molar-refractivity contribution in [2.24, 2.45) is 10.9 Å². The van der Waals surface area contributed by atoms with Crippen LogP contribution in [0.4, 0.5) is 0 Å². The number of guanidine groups is 1. The van der Waals surface area contributed by atoms with Gasteiger partial charge in [-0.3, -0.25) is 14.7 Å². The second-order valence-corrected chi connectivity index (χ2v) is 6.87. The van der Waals surface area contributed by atoms with Gasteiger partial charge >= 0.3 is 0 Å². The van der Waals surface area contributed by atoms with Gasteiger partial charge in [0.25, 0.3) is 0 Å². The molecule has 2 aliphatic rings. The van der Waals surface area contributed by atoms with Crippen molar-refractivity contribution in [3.63, 3.8) is 0 Å². The zero-order valence-corrected chi connectivity index (χ0v) is 17.7. The van der Waals surface area contributed by atoms with E-state index in [0.717, 1.165) is 63.9 Å². The number of nitrogens with zero attached hydrogens (tertiary/aromatic N) is 3. The summed E-state index contributed by atoms with van der Waals surface area (Å²) in [6, 6.07) is 0.0850. The van der Waals surface area contributed by atoms with E-state index in [1.165, 1.54) is 12.8 Å². The molecule has 0 bridgehead atoms. The van der Waals surface area contributed by atoms with E-state index in [1.54, 1.807) is 4.90 Å². The van der Waals surface area contributed by atoms with Gasteiger partial charge in [0, 0.05) is 40.3 Å². The normalized spacial score (nSPS) is 21.3. The molecule has 1 heterocycles. The molecule has 140 valence electrons. The Morgan fingerprint density at radius 1 is 1.25 bits per heavy atom. The molecule has 24 heavy (non-hydrogen) atoms. The van der Waals surface area contributed by atoms with Gasteiger partial charge in [-0.25, -0.2) is 0 Å². The van der Waals surface area contributed by atoms with Crippen molar-refractivity contribution >= 4 is 35.8 Å². The summed E-state index contributed by atoms with van der Waals surface area (Å²) >= 11 is 0. The van der Waals surface area contributed by atoms with Gasteiger partial charge < -0.3 is 15.5 Å². The molecule has 1 amide bonds. The van der Waals surface area contributed by atoms with E-state index in [9.17, 15) is 4.79 Å². The summed E-state index contributed by atoms with van der Waals surface area (Å²) in [5, 5.41) is 6.71. The van der Waals surface area contributed by atoms with Crippen molar-refractivity contribution in [1.29, 1.82) is 0 Å². The highest BCUT2D eigenvalue weighted by Gasteiger charge is 2.30. The molecule has 2 rings (SSSR count). The third-order valence-corrected chi connectivity index (χ3v) is 4.55. The second-order valence-electron chi connectivity index (χ2n) is 6.87. The van der Waals surface area contributed by atoms with E-state index in [0.29, 0.717) is 0 Å². The number of hydrogen-bond donors (Lipinski definition) is 2. The van der Waals surface area contributed by atoms with Crippen LogP contribution in [0.5, 0.6) is 0 Å². The number of likely N-dealkylation sites (tertiary alicyclic amines) is 1. The summed E-state index contributed by atoms with van der Waals surface area (Å²) < 4.78 is 0. The van der Waals surface area contributed by atoms with Gasteiger partial charge in [0.2, 0.25) is 5.91 Å². The van der Waals surface area contributed by atoms with Crippen LogP contribution in [-0.4, -0.2) is 74.5 Å². The molecule has 1 aliphatic heterocycles. The first-order valence-corrected chi connectivity index (χ1v) is 9.09. The number of aliphatic imine (C=N–C) groups is 1. The zero-order chi connectivity index (χ0) is 16.7. The van der Waals surface area contributed by atoms with E-state index < -0.39 is 0 Å². The van der Waals surface area contributed by atoms with Crippen molar-refractivity contribution < 1.29 is 4.79 Å². The smallest absolute Gasteiger partial charge is 0.239 e. The number of carbonyl (C=O) groups excluding carboxylic acids is 1. The van der Waals surface area contributed by atoms with Gasteiger partial charge in [0.1, 0.15) is 0 Å². The van der Waals surface area contributed by atoms with Crippen LogP contribution in [-0.2, 0) is 4.79 Å². The van der Waals surface area contributed by atoms with Crippen LogP contribution in [0.2, 0.25) is 0 Å². The van der Waals surface area contributed by atoms with Crippen LogP contribution in [0.1, 0.15) is 39.0 Å². The Bertz CT molecular complexity index is 412. The first kappa shape index (κ1) is 21.5. The van der Waals surface area contributed by atoms with Crippen LogP contribution in [0.3, 0.4) is 0 Å². The van der Waals surface area contributed by atoms with Gasteiger partial charge in [-0.15, -0.1) is 24.0 Å². The van der Waals surface area contributed by atoms with Crippen LogP contribution >= 0.6 is 24.0 Å². The molecule has 6 nitrogen and oxygen atoms in total. The minimum atomic E-state index is 0. The second kappa shape index (κ2) is 11.1. The Morgan fingerprint density at radius 3 is 2.62 bits per heavy atom. The number of amides is 1. The molecule has 0 radical (unpaired) electrons. The fraction of sp³-hybridized carbons (Fsp3) is 0.882. The Labute approximate surface area is 163 Å². The standard InChI is InChI=1S/C17H33N5O.HI/c1-4-18-17(20-13-14-8-9-14)19-10-6-12-22-11-5-7-15(22)16(23)21(2)3;/h14-15H,4-13H2,1-3H3,(H2,18,19,20);1H. The lowest BCUT2D eigenvalue weighted by Gasteiger charge is -2.26. The minimum absolute atomic E-state index is 0. The lowest BCUT2D eigenvalue weighted by Crippen LogP contribution is -2.44. The maximum absolute atomic E-state index is 12.2. The van der Waals surface area contributed by atoms with Crippen molar-refractivity contribution in [2.45, 2.75) is 45.1 Å². The number of nitrogens with one attached hydrogen (secondary N) is 2. The molecule has 0 aromatic heterocycles. The third-order valence-electron chi connectivity index (χ3n) is 4.55. The molecular formula is C17H34IN5O. The van der Waals surface area contributed by atoms with E-state index in [-0.39, 0.29) is 35.9 Å². The molecule has 0 spiro atoms. The molecule has 2 fully saturated rings. The lowest BCUT2D eigenvalue weighted by molar-refractivity contribution is -0.133. The van der Waals surface area contributed by atoms with Crippen LogP contribution in [0.25, 0.3) is 0 Å². The summed E-state index contributed by atoms with van der Waals surface area (Å²) in [5.74, 6) is 1.99. The van der Waals surface area contributed by atoms with Crippen molar-refractivity contribution in [2.75, 3.05) is 46.8 Å². The molecule has 0 aromatic carbocycles. The number of carbonyl (C=O) groups is 1. The highest BCUT2D eigenvalue weighted by atomic mass is 127. The quantitative estimate of drug-likeness (QED) is 0.254. The minimum Gasteiger partial charge on any atom is -0.357 e. The molecule has 1 atom stereocenters. The number of halogens is 1. The molecule has 1 unspecified atom stereocenters. The van der Waals surface area contributed by atoms with Gasteiger partial charge in [0.05, 0.1) is 6.04 Å². The number of likely N-dealkylation sites (N-methyl/N-ethyl adjacent to an activating group) is 1. The molecule has 7 heteroatoms. The average molecular weight is 451 g/mol. The monoisotopic (exact) mass is 451 g/mol. The highest BCUT2D eigenvalue weighted by molar-refractivity contribution is 14.0. The molecule has 1 saturated carbocycles. The first-order valence-electron chi connectivity index (χ1n) is 9.09. The van der Waals surface area contributed by atoms with Gasteiger partial charge in [-0.1, -0.05) is 0 Å². The van der Waals surface area contributed by atoms with Crippen molar-refractivity contribution in [1.82, 2.24) is 20.4 Å². The van der Waals surface area contributed by atoms with Crippen LogP contribution < -0.4 is 10.6 Å². The first-order chi connectivity index (χ1) is 11.1. The van der Waals surface area contributed by atoms with E-state index >= 15 is 0 Å². The molecule has 0 aromatic rings. The fourth-order valence-corrected chi connectivity index (χ4v) is 3.02. The zero-order valence-electron chi connectivity index (χ0n) is 15.4. The fourth-order valence-electron chi connectivity index (χ4n) is 3.02. The maximum Gasteiger partial charge on any atom is 0.239 e. The lowest BCUT2D eigenvalue weighted by atomic mass is 10.2. The predicted octanol–water partition coefficient (Wildman–Crippen LogP) is 1.51. The largest absolute Gasteiger partial charge is 0.357 e. The summed E-state index contributed by atoms with van der Waals surface area (Å²) in [4.78, 5) is 20.9. The van der Waals surface area contributed by atoms with Crippen molar-refractivity contribution in [3.05, 3.63) is 0 Å². The third kappa shape index (κ3) is 7.13. The average Bonchev–Trinajstić information content (AvgIpc) is 3.24. The molecule has 1 aliphatic carbocycles. The Hall–Kier alpha value is -0.570. The molecule has 2 N–H and O–H groups in total. The number of rotatable bonds is 8. The van der Waals surface area contributed by atoms with Crippen LogP contribution in [0.15, 0.2) is 4.99 Å². The van der Waals surface area contributed by atoms with Gasteiger partial charge in [0.15, 0.2) is 5.96 Å². The molecule has 1 saturated heterocycles. The SMILES string of the molecule is CCNC(=NCC1CC1)NCCCN1CCCC1C(=O)N(C)C.I. The van der Waals surface area contributed by atoms with E-state index in [1.807, 2.05) is 14.1 Å². The van der Waals surface area contributed by atoms with Crippen LogP contribution in [0, 0.1) is 5.92 Å². The van der Waals surface area contributed by atoms with Gasteiger partial charge in [-0.2, -0.15) is 0 Å². The van der Waals surface area contributed by atoms with E-state index in [2.05, 4.69) is 27.4 Å². The topological polar surface area (TPSA) is 60.0 Å². The van der Waals surface area contributed by atoms with Gasteiger partial charge in [-0.05, 0) is 51.5 Å². The summed E-state index contributed by atoms with van der Waals surface area (Å²) in [6.45, 7) is 6.84. The Balaban J connectivity index is 0.00000288. The van der Waals surface area contributed by atoms with E-state index in [4.69, 9.17) is 0 Å². The Morgan fingerprint density at radius 2 is 2.00 bits per heavy atom. The summed E-state index contributed by atoms with van der Waals surface area (Å²) in [6.07, 6.45) is 5.82. The summed E-state index contributed by atoms with van der Waals surface area (Å²) in [7, 11) is 3.69.